The summed E-state index contributed by atoms with van der Waals surface area (Å²) in [6.45, 7) is 0. The van der Waals surface area contributed by atoms with Crippen molar-refractivity contribution < 1.29 is 34.5 Å². The molecule has 2 aromatic rings. The molecular weight excluding hydrogens is 432 g/mol. The first-order valence-electron chi connectivity index (χ1n) is 7.91. The fraction of sp³-hybridized carbons (Fsp3) is 0. The van der Waals surface area contributed by atoms with Crippen LogP contribution in [0.4, 0.5) is 0 Å². The SMILES string of the molecule is O=C1C(=O)c2c(O)cccc2C(O)=C1C1=C(Br)C(=O)c2c(O)cccc2C1=O. The van der Waals surface area contributed by atoms with Gasteiger partial charge in [-0.25, -0.2) is 0 Å². The number of hydrogen-bond donors (Lipinski definition) is 3. The van der Waals surface area contributed by atoms with Gasteiger partial charge in [0.1, 0.15) is 17.3 Å². The summed E-state index contributed by atoms with van der Waals surface area (Å²) in [4.78, 5) is 50.8. The van der Waals surface area contributed by atoms with Crippen LogP contribution in [0.3, 0.4) is 0 Å². The highest BCUT2D eigenvalue weighted by Crippen LogP contribution is 2.42. The predicted molar refractivity (Wildman–Crippen MR) is 99.7 cm³/mol. The molecular formula is C20H9BrO7. The number of carbonyl (C=O) groups is 4. The molecule has 0 heterocycles. The molecule has 2 aliphatic carbocycles. The van der Waals surface area contributed by atoms with Crippen LogP contribution in [-0.4, -0.2) is 38.5 Å². The van der Waals surface area contributed by atoms with E-state index >= 15 is 0 Å². The lowest BCUT2D eigenvalue weighted by Gasteiger charge is -2.23. The number of rotatable bonds is 1. The number of fused-ring (bicyclic) bond motifs is 2. The van der Waals surface area contributed by atoms with Gasteiger partial charge in [-0.05, 0) is 28.1 Å². The van der Waals surface area contributed by atoms with Crippen LogP contribution in [0.2, 0.25) is 0 Å². The van der Waals surface area contributed by atoms with Crippen molar-refractivity contribution in [3.05, 3.63) is 74.3 Å². The number of Topliss-reactive ketones (excluding diaryl/α,β-unsaturated/α-hetero) is 4. The Bertz CT molecular complexity index is 1220. The van der Waals surface area contributed by atoms with Crippen molar-refractivity contribution in [2.24, 2.45) is 0 Å². The lowest BCUT2D eigenvalue weighted by molar-refractivity contribution is -0.111. The molecule has 0 unspecified atom stereocenters. The molecule has 0 aliphatic heterocycles. The smallest absolute Gasteiger partial charge is 0.238 e. The van der Waals surface area contributed by atoms with Crippen molar-refractivity contribution in [1.82, 2.24) is 0 Å². The van der Waals surface area contributed by atoms with Gasteiger partial charge in [0.15, 0.2) is 5.78 Å². The molecule has 3 N–H and O–H groups in total. The van der Waals surface area contributed by atoms with Crippen LogP contribution in [0.1, 0.15) is 36.6 Å². The highest BCUT2D eigenvalue weighted by atomic mass is 79.9. The van der Waals surface area contributed by atoms with Crippen molar-refractivity contribution >= 4 is 44.8 Å². The molecule has 0 radical (unpaired) electrons. The Morgan fingerprint density at radius 2 is 1.14 bits per heavy atom. The zero-order valence-corrected chi connectivity index (χ0v) is 15.4. The fourth-order valence-corrected chi connectivity index (χ4v) is 3.90. The predicted octanol–water partition coefficient (Wildman–Crippen LogP) is 2.86. The average molecular weight is 441 g/mol. The third kappa shape index (κ3) is 2.21. The second-order valence-electron chi connectivity index (χ2n) is 6.13. The Labute approximate surface area is 165 Å². The number of carbonyl (C=O) groups excluding carboxylic acids is 4. The number of allylic oxidation sites excluding steroid dienone is 3. The van der Waals surface area contributed by atoms with E-state index in [1.807, 2.05) is 0 Å². The van der Waals surface area contributed by atoms with Crippen LogP contribution < -0.4 is 0 Å². The highest BCUT2D eigenvalue weighted by Gasteiger charge is 2.43. The molecule has 0 saturated heterocycles. The first-order valence-corrected chi connectivity index (χ1v) is 8.71. The Hall–Kier alpha value is -3.52. The number of ketones is 4. The molecule has 0 fully saturated rings. The molecule has 28 heavy (non-hydrogen) atoms. The molecule has 8 heteroatoms. The first kappa shape index (κ1) is 17.9. The van der Waals surface area contributed by atoms with E-state index < -0.39 is 51.5 Å². The summed E-state index contributed by atoms with van der Waals surface area (Å²) in [6.07, 6.45) is 0. The third-order valence-corrected chi connectivity index (χ3v) is 5.36. The summed E-state index contributed by atoms with van der Waals surface area (Å²) < 4.78 is -0.363. The minimum absolute atomic E-state index is 0.130. The van der Waals surface area contributed by atoms with Gasteiger partial charge in [-0.2, -0.15) is 0 Å². The number of aliphatic hydroxyl groups excluding tert-OH is 1. The van der Waals surface area contributed by atoms with E-state index in [9.17, 15) is 34.5 Å². The number of benzene rings is 2. The van der Waals surface area contributed by atoms with Crippen LogP contribution in [-0.2, 0) is 4.79 Å². The molecule has 0 spiro atoms. The lowest BCUT2D eigenvalue weighted by atomic mass is 9.79. The van der Waals surface area contributed by atoms with Gasteiger partial charge in [0, 0.05) is 11.1 Å². The maximum absolute atomic E-state index is 13.0. The first-order chi connectivity index (χ1) is 13.3. The van der Waals surface area contributed by atoms with Crippen molar-refractivity contribution in [2.45, 2.75) is 0 Å². The number of hydrogen-bond acceptors (Lipinski definition) is 7. The average Bonchev–Trinajstić information content (AvgIpc) is 2.66. The van der Waals surface area contributed by atoms with Crippen molar-refractivity contribution in [3.8, 4) is 11.5 Å². The highest BCUT2D eigenvalue weighted by molar-refractivity contribution is 9.12. The largest absolute Gasteiger partial charge is 0.507 e. The third-order valence-electron chi connectivity index (χ3n) is 4.60. The van der Waals surface area contributed by atoms with Gasteiger partial charge in [-0.15, -0.1) is 0 Å². The number of phenols is 2. The Morgan fingerprint density at radius 1 is 0.607 bits per heavy atom. The number of aliphatic hydroxyl groups is 1. The van der Waals surface area contributed by atoms with Gasteiger partial charge >= 0.3 is 0 Å². The number of phenolic OH excluding ortho intramolecular Hbond substituents is 2. The second-order valence-corrected chi connectivity index (χ2v) is 6.92. The summed E-state index contributed by atoms with van der Waals surface area (Å²) in [6, 6.07) is 7.73. The molecule has 0 aromatic heterocycles. The van der Waals surface area contributed by atoms with E-state index in [0.717, 1.165) is 0 Å². The summed E-state index contributed by atoms with van der Waals surface area (Å²) >= 11 is 2.97. The van der Waals surface area contributed by atoms with Crippen LogP contribution in [0.25, 0.3) is 5.76 Å². The van der Waals surface area contributed by atoms with E-state index in [2.05, 4.69) is 15.9 Å². The topological polar surface area (TPSA) is 129 Å². The van der Waals surface area contributed by atoms with Crippen LogP contribution in [0, 0.1) is 0 Å². The zero-order chi connectivity index (χ0) is 20.3. The van der Waals surface area contributed by atoms with Crippen molar-refractivity contribution in [2.75, 3.05) is 0 Å². The maximum atomic E-state index is 13.0. The van der Waals surface area contributed by atoms with E-state index in [4.69, 9.17) is 0 Å². The molecule has 2 aliphatic rings. The molecule has 138 valence electrons. The Balaban J connectivity index is 2.04. The fourth-order valence-electron chi connectivity index (χ4n) is 3.33. The molecule has 2 aromatic carbocycles. The molecule has 0 atom stereocenters. The minimum Gasteiger partial charge on any atom is -0.507 e. The van der Waals surface area contributed by atoms with Gasteiger partial charge in [0.2, 0.25) is 17.3 Å². The van der Waals surface area contributed by atoms with Gasteiger partial charge in [0.25, 0.3) is 0 Å². The van der Waals surface area contributed by atoms with E-state index in [1.165, 1.54) is 36.4 Å². The summed E-state index contributed by atoms with van der Waals surface area (Å²) in [5.41, 5.74) is -2.02. The molecule has 0 bridgehead atoms. The van der Waals surface area contributed by atoms with Gasteiger partial charge < -0.3 is 15.3 Å². The van der Waals surface area contributed by atoms with E-state index in [-0.39, 0.29) is 26.7 Å². The monoisotopic (exact) mass is 440 g/mol. The molecule has 0 saturated carbocycles. The quantitative estimate of drug-likeness (QED) is 0.581. The van der Waals surface area contributed by atoms with E-state index in [0.29, 0.717) is 0 Å². The number of halogens is 1. The van der Waals surface area contributed by atoms with Crippen LogP contribution >= 0.6 is 15.9 Å². The van der Waals surface area contributed by atoms with Crippen LogP contribution in [0.5, 0.6) is 11.5 Å². The molecule has 4 rings (SSSR count). The van der Waals surface area contributed by atoms with Gasteiger partial charge in [-0.3, -0.25) is 19.2 Å². The summed E-state index contributed by atoms with van der Waals surface area (Å²) in [5.74, 6) is -5.54. The molecule has 7 nitrogen and oxygen atoms in total. The molecule has 0 amide bonds. The Morgan fingerprint density at radius 3 is 1.75 bits per heavy atom. The number of aromatic hydroxyl groups is 2. The van der Waals surface area contributed by atoms with E-state index in [1.54, 1.807) is 0 Å². The second kappa shape index (κ2) is 6.00. The minimum atomic E-state index is -1.23. The van der Waals surface area contributed by atoms with Crippen molar-refractivity contribution in [3.63, 3.8) is 0 Å². The lowest BCUT2D eigenvalue weighted by Crippen LogP contribution is -2.30. The zero-order valence-electron chi connectivity index (χ0n) is 13.8. The van der Waals surface area contributed by atoms with Crippen LogP contribution in [0.15, 0.2) is 52.0 Å². The normalized spacial score (nSPS) is 16.5. The summed E-state index contributed by atoms with van der Waals surface area (Å²) in [7, 11) is 0. The van der Waals surface area contributed by atoms with Gasteiger partial charge in [-0.1, -0.05) is 24.3 Å². The standard InChI is InChI=1S/C20H9BrO7/c21-15-13(16(24)7-3-1-5-9(22)11(7)18(15)26)14-17(25)8-4-2-6-10(23)12(8)19(27)20(14)28/h1-6,22-23,25H. The Kier molecular flexibility index (Phi) is 3.83. The summed E-state index contributed by atoms with van der Waals surface area (Å²) in [5, 5.41) is 30.5. The maximum Gasteiger partial charge on any atom is 0.238 e. The van der Waals surface area contributed by atoms with Crippen molar-refractivity contribution in [1.29, 1.82) is 0 Å². The van der Waals surface area contributed by atoms with Gasteiger partial charge in [0.05, 0.1) is 26.8 Å².